The highest BCUT2D eigenvalue weighted by atomic mass is 35.5. The molecule has 9 rings (SSSR count). The van der Waals surface area contributed by atoms with Crippen molar-refractivity contribution in [2.75, 3.05) is 104 Å². The molecule has 5 N–H and O–H groups in total. The Labute approximate surface area is 390 Å². The first-order valence-corrected chi connectivity index (χ1v) is 22.4. The molecule has 2 aromatic carbocycles. The Kier molecular flexibility index (Phi) is 16.1. The van der Waals surface area contributed by atoms with E-state index in [1.54, 1.807) is 0 Å². The van der Waals surface area contributed by atoms with Gasteiger partial charge in [0.1, 0.15) is 11.6 Å². The van der Waals surface area contributed by atoms with Crippen LogP contribution in [0.25, 0.3) is 22.8 Å². The number of amides is 4. The number of rotatable bonds is 9. The van der Waals surface area contributed by atoms with Crippen LogP contribution < -0.4 is 41.3 Å². The van der Waals surface area contributed by atoms with E-state index in [1.165, 1.54) is 18.0 Å². The molecule has 20 heteroatoms. The lowest BCUT2D eigenvalue weighted by Crippen LogP contribution is -2.41. The summed E-state index contributed by atoms with van der Waals surface area (Å²) in [5.41, 5.74) is 7.54. The maximum absolute atomic E-state index is 13.4. The van der Waals surface area contributed by atoms with Gasteiger partial charge in [-0.15, -0.1) is 12.4 Å². The van der Waals surface area contributed by atoms with E-state index in [0.717, 1.165) is 104 Å². The van der Waals surface area contributed by atoms with Crippen LogP contribution in [0.3, 0.4) is 0 Å². The second kappa shape index (κ2) is 22.3. The Hall–Kier alpha value is -6.28. The van der Waals surface area contributed by atoms with Gasteiger partial charge in [-0.1, -0.05) is 0 Å². The number of anilines is 5. The molecule has 0 radical (unpaired) electrons. The van der Waals surface area contributed by atoms with Crippen LogP contribution in [0.1, 0.15) is 62.3 Å². The highest BCUT2D eigenvalue weighted by molar-refractivity contribution is 5.90. The van der Waals surface area contributed by atoms with Crippen LogP contribution in [-0.4, -0.2) is 121 Å². The summed E-state index contributed by atoms with van der Waals surface area (Å²) < 4.78 is 24.5. The molecule has 0 bridgehead atoms. The van der Waals surface area contributed by atoms with Crippen LogP contribution in [0.5, 0.6) is 0 Å². The van der Waals surface area contributed by atoms with Gasteiger partial charge in [-0.25, -0.2) is 43.9 Å². The van der Waals surface area contributed by atoms with Crippen molar-refractivity contribution in [2.45, 2.75) is 52.6 Å². The number of halogens is 2. The number of nitrogens with zero attached hydrogens (tertiary/aromatic N) is 9. The molecule has 2 unspecified atom stereocenters. The first kappa shape index (κ1) is 47.7. The van der Waals surface area contributed by atoms with Gasteiger partial charge >= 0.3 is 12.1 Å². The van der Waals surface area contributed by atoms with Crippen LogP contribution >= 0.6 is 12.4 Å². The molecule has 3 aromatic heterocycles. The minimum atomic E-state index is -0.465. The zero-order chi connectivity index (χ0) is 45.3. The predicted octanol–water partition coefficient (Wildman–Crippen LogP) is 5.92. The number of hydrogen-bond donors (Lipinski definition) is 5. The number of fused-ring (bicyclic) bond motifs is 2. The minimum absolute atomic E-state index is 0. The van der Waals surface area contributed by atoms with E-state index in [2.05, 4.69) is 60.2 Å². The zero-order valence-electron chi connectivity index (χ0n) is 37.8. The number of aromatic nitrogens is 6. The first-order chi connectivity index (χ1) is 31.7. The molecule has 4 amide bonds. The third-order valence-corrected chi connectivity index (χ3v) is 11.7. The van der Waals surface area contributed by atoms with Crippen molar-refractivity contribution in [3.05, 3.63) is 89.3 Å². The van der Waals surface area contributed by atoms with Crippen molar-refractivity contribution in [1.82, 2.24) is 45.9 Å². The second-order valence-electron chi connectivity index (χ2n) is 16.0. The van der Waals surface area contributed by atoms with Crippen molar-refractivity contribution in [3.8, 4) is 22.8 Å². The molecule has 2 fully saturated rings. The van der Waals surface area contributed by atoms with Crippen molar-refractivity contribution in [1.29, 1.82) is 0 Å². The Morgan fingerprint density at radius 1 is 0.682 bits per heavy atom. The molecule has 4 aliphatic rings. The summed E-state index contributed by atoms with van der Waals surface area (Å²) in [6.45, 7) is 16.7. The molecule has 2 atom stereocenters. The molecule has 5 aromatic rings. The summed E-state index contributed by atoms with van der Waals surface area (Å²) in [4.78, 5) is 58.4. The Balaban J connectivity index is 0.000000198. The Morgan fingerprint density at radius 2 is 1.15 bits per heavy atom. The molecule has 18 nitrogen and oxygen atoms in total. The first-order valence-electron chi connectivity index (χ1n) is 22.4. The lowest BCUT2D eigenvalue weighted by atomic mass is 9.98. The van der Waals surface area contributed by atoms with E-state index < -0.39 is 5.82 Å². The van der Waals surface area contributed by atoms with Gasteiger partial charge in [-0.05, 0) is 95.6 Å². The smallest absolute Gasteiger partial charge is 0.319 e. The molecule has 0 spiro atoms. The topological polar surface area (TPSA) is 200 Å². The highest BCUT2D eigenvalue weighted by Crippen LogP contribution is 2.37. The molecule has 0 aliphatic carbocycles. The van der Waals surface area contributed by atoms with Gasteiger partial charge in [0.2, 0.25) is 5.95 Å². The predicted molar refractivity (Wildman–Crippen MR) is 255 cm³/mol. The van der Waals surface area contributed by atoms with Gasteiger partial charge in [0.25, 0.3) is 0 Å². The van der Waals surface area contributed by atoms with Crippen molar-refractivity contribution < 1.29 is 23.5 Å². The number of carbonyl (C=O) groups is 2. The molecule has 2 saturated heterocycles. The van der Waals surface area contributed by atoms with Gasteiger partial charge < -0.3 is 50.8 Å². The zero-order valence-corrected chi connectivity index (χ0v) is 38.6. The molecular weight excluding hydrogens is 867 g/mol. The van der Waals surface area contributed by atoms with E-state index in [-0.39, 0.29) is 36.6 Å². The number of benzene rings is 2. The molecule has 66 heavy (non-hydrogen) atoms. The van der Waals surface area contributed by atoms with E-state index in [9.17, 15) is 14.0 Å². The maximum Gasteiger partial charge on any atom is 0.319 e. The summed E-state index contributed by atoms with van der Waals surface area (Å²) >= 11 is 0. The summed E-state index contributed by atoms with van der Waals surface area (Å²) in [5, 5.41) is 14.6. The van der Waals surface area contributed by atoms with Crippen LogP contribution in [-0.2, 0) is 22.3 Å². The van der Waals surface area contributed by atoms with Gasteiger partial charge in [0.15, 0.2) is 17.5 Å². The van der Waals surface area contributed by atoms with Gasteiger partial charge in [0, 0.05) is 85.5 Å². The summed E-state index contributed by atoms with van der Waals surface area (Å²) in [6, 6.07) is 14.8. The fraction of sp³-hybridized carbons (Fsp3) is 0.435. The average Bonchev–Trinajstić information content (AvgIpc) is 3.33. The number of hydrogen-bond acceptors (Lipinski definition) is 14. The standard InChI is InChI=1S/C25H29FN8O2.C21H28N6O2.ClH/c1-3-27-25(35)30-19-6-4-17(5-7-19)22-31-21-16(2)34(24-28-14-18(26)15-29-24)9-8-20(21)23(32-22)33-10-12-36-13-11-33;1-3-22-21(28)24-16-6-4-15(5-7-16)19-25-18-14(2)23-9-8-17(18)20(26-19)27-10-12-29-13-11-27;/h4-7,14-16H,3,8-13H2,1-2H3,(H2,27,30,35);4-7,14,23H,3,8-13H2,1-2H3,(H2,22,24,28);1H. The summed E-state index contributed by atoms with van der Waals surface area (Å²) in [7, 11) is 0. The number of carbonyl (C=O) groups excluding carboxylic acids is 2. The van der Waals surface area contributed by atoms with Crippen LogP contribution in [0.15, 0.2) is 60.9 Å². The van der Waals surface area contributed by atoms with Gasteiger partial charge in [0.05, 0.1) is 56.3 Å². The van der Waals surface area contributed by atoms with Crippen molar-refractivity contribution in [3.63, 3.8) is 0 Å². The minimum Gasteiger partial charge on any atom is -0.378 e. The monoisotopic (exact) mass is 924 g/mol. The third kappa shape index (κ3) is 11.2. The Morgan fingerprint density at radius 3 is 1.64 bits per heavy atom. The molecule has 4 aliphatic heterocycles. The quantitative estimate of drug-likeness (QED) is 0.117. The highest BCUT2D eigenvalue weighted by Gasteiger charge is 2.33. The van der Waals surface area contributed by atoms with E-state index in [1.807, 2.05) is 67.3 Å². The van der Waals surface area contributed by atoms with Crippen LogP contribution in [0.4, 0.5) is 42.9 Å². The summed E-state index contributed by atoms with van der Waals surface area (Å²) in [6.07, 6.45) is 4.03. The fourth-order valence-corrected chi connectivity index (χ4v) is 8.38. The SMILES string of the molecule is CCNC(=O)Nc1ccc(-c2nc3c(c(N4CCOCC4)n2)CCN(c2ncc(F)cn2)C3C)cc1.CCNC(=O)Nc1ccc(-c2nc3c(c(N4CCOCC4)n2)CCNC3C)cc1.Cl. The number of nitrogens with one attached hydrogen (secondary N) is 5. The van der Waals surface area contributed by atoms with E-state index >= 15 is 0 Å². The number of urea groups is 2. The lowest BCUT2D eigenvalue weighted by molar-refractivity contribution is 0.122. The molecule has 350 valence electrons. The summed E-state index contributed by atoms with van der Waals surface area (Å²) in [5.74, 6) is 3.29. The van der Waals surface area contributed by atoms with Crippen LogP contribution in [0, 0.1) is 5.82 Å². The second-order valence-corrected chi connectivity index (χ2v) is 16.0. The third-order valence-electron chi connectivity index (χ3n) is 11.7. The molecule has 0 saturated carbocycles. The number of morpholine rings is 2. The molecular formula is C46H58ClFN14O4. The Bertz CT molecular complexity index is 2420. The normalized spacial score (nSPS) is 17.8. The van der Waals surface area contributed by atoms with Gasteiger partial charge in [-0.3, -0.25) is 0 Å². The molecule has 7 heterocycles. The van der Waals surface area contributed by atoms with Crippen molar-refractivity contribution in [2.24, 2.45) is 0 Å². The maximum atomic E-state index is 13.4. The lowest BCUT2D eigenvalue weighted by Gasteiger charge is -2.37. The van der Waals surface area contributed by atoms with E-state index in [0.29, 0.717) is 56.1 Å². The van der Waals surface area contributed by atoms with Crippen molar-refractivity contribution >= 4 is 53.4 Å². The average molecular weight is 926 g/mol. The van der Waals surface area contributed by atoms with Crippen LogP contribution in [0.2, 0.25) is 0 Å². The largest absolute Gasteiger partial charge is 0.378 e. The fourth-order valence-electron chi connectivity index (χ4n) is 8.38. The number of ether oxygens (including phenoxy) is 2. The van der Waals surface area contributed by atoms with E-state index in [4.69, 9.17) is 29.4 Å². The van der Waals surface area contributed by atoms with Gasteiger partial charge in [-0.2, -0.15) is 0 Å².